The van der Waals surface area contributed by atoms with E-state index in [2.05, 4.69) is 38.2 Å². The second-order valence-corrected chi connectivity index (χ2v) is 5.43. The summed E-state index contributed by atoms with van der Waals surface area (Å²) in [6, 6.07) is 5.42. The molecule has 3 heteroatoms. The van der Waals surface area contributed by atoms with Crippen molar-refractivity contribution in [2.24, 2.45) is 0 Å². The zero-order valence-electron chi connectivity index (χ0n) is 10.7. The molecule has 16 heavy (non-hydrogen) atoms. The minimum absolute atomic E-state index is 0.442. The van der Waals surface area contributed by atoms with Crippen molar-refractivity contribution in [3.8, 4) is 0 Å². The average Bonchev–Trinajstić information content (AvgIpc) is 2.74. The Morgan fingerprint density at radius 1 is 1.38 bits per heavy atom. The molecular weight excluding hydrogens is 218 g/mol. The van der Waals surface area contributed by atoms with Gasteiger partial charge in [-0.15, -0.1) is 11.3 Å². The Hall–Kier alpha value is -0.380. The summed E-state index contributed by atoms with van der Waals surface area (Å²) < 4.78 is 5.08. The van der Waals surface area contributed by atoms with Crippen LogP contribution in [0, 0.1) is 0 Å². The van der Waals surface area contributed by atoms with Gasteiger partial charge in [0, 0.05) is 35.6 Å². The maximum atomic E-state index is 5.08. The van der Waals surface area contributed by atoms with Gasteiger partial charge in [0.15, 0.2) is 0 Å². The van der Waals surface area contributed by atoms with E-state index < -0.39 is 0 Å². The Morgan fingerprint density at radius 3 is 2.69 bits per heavy atom. The van der Waals surface area contributed by atoms with E-state index in [0.29, 0.717) is 12.1 Å². The fourth-order valence-electron chi connectivity index (χ4n) is 1.70. The second-order valence-electron chi connectivity index (χ2n) is 4.23. The molecule has 0 spiro atoms. The monoisotopic (exact) mass is 241 g/mol. The van der Waals surface area contributed by atoms with Gasteiger partial charge in [0.25, 0.3) is 0 Å². The first kappa shape index (κ1) is 13.7. The topological polar surface area (TPSA) is 21.3 Å². The first-order chi connectivity index (χ1) is 7.67. The molecule has 1 aromatic rings. The highest BCUT2D eigenvalue weighted by Gasteiger charge is 2.11. The predicted octanol–water partition coefficient (Wildman–Crippen LogP) is 3.39. The smallest absolute Gasteiger partial charge is 0.0476 e. The van der Waals surface area contributed by atoms with Gasteiger partial charge in [-0.2, -0.15) is 0 Å². The van der Waals surface area contributed by atoms with Crippen molar-refractivity contribution in [3.63, 3.8) is 0 Å². The third-order valence-electron chi connectivity index (χ3n) is 2.75. The van der Waals surface area contributed by atoms with Crippen molar-refractivity contribution < 1.29 is 4.74 Å². The first-order valence-corrected chi connectivity index (χ1v) is 6.82. The molecule has 0 aliphatic carbocycles. The highest BCUT2D eigenvalue weighted by molar-refractivity contribution is 7.12. The molecule has 0 saturated heterocycles. The molecule has 0 aliphatic heterocycles. The second kappa shape index (κ2) is 7.05. The third kappa shape index (κ3) is 4.24. The van der Waals surface area contributed by atoms with Crippen molar-refractivity contribution in [2.75, 3.05) is 13.7 Å². The van der Waals surface area contributed by atoms with E-state index in [1.807, 2.05) is 11.3 Å². The summed E-state index contributed by atoms with van der Waals surface area (Å²) >= 11 is 1.91. The predicted molar refractivity (Wildman–Crippen MR) is 71.2 cm³/mol. The highest BCUT2D eigenvalue weighted by Crippen LogP contribution is 2.23. The molecule has 1 heterocycles. The van der Waals surface area contributed by atoms with E-state index >= 15 is 0 Å². The van der Waals surface area contributed by atoms with Gasteiger partial charge in [-0.3, -0.25) is 0 Å². The van der Waals surface area contributed by atoms with Crippen LogP contribution in [0.15, 0.2) is 12.1 Å². The van der Waals surface area contributed by atoms with Crippen LogP contribution in [0.3, 0.4) is 0 Å². The molecule has 2 unspecified atom stereocenters. The van der Waals surface area contributed by atoms with Gasteiger partial charge in [0.05, 0.1) is 0 Å². The maximum absolute atomic E-state index is 5.08. The van der Waals surface area contributed by atoms with Gasteiger partial charge in [-0.25, -0.2) is 0 Å². The molecule has 0 radical (unpaired) electrons. The Morgan fingerprint density at radius 2 is 2.12 bits per heavy atom. The summed E-state index contributed by atoms with van der Waals surface area (Å²) in [5, 5.41) is 3.60. The number of nitrogens with one attached hydrogen (secondary N) is 1. The lowest BCUT2D eigenvalue weighted by Gasteiger charge is -2.18. The fraction of sp³-hybridized carbons (Fsp3) is 0.692. The largest absolute Gasteiger partial charge is 0.385 e. The van der Waals surface area contributed by atoms with E-state index in [1.165, 1.54) is 9.75 Å². The molecule has 0 bridgehead atoms. The van der Waals surface area contributed by atoms with E-state index in [-0.39, 0.29) is 0 Å². The standard InChI is InChI=1S/C13H23NOS/c1-5-12-6-7-13(16-12)11(3)14-10(2)8-9-15-4/h6-7,10-11,14H,5,8-9H2,1-4H3. The van der Waals surface area contributed by atoms with Crippen LogP contribution >= 0.6 is 11.3 Å². The zero-order valence-corrected chi connectivity index (χ0v) is 11.6. The molecular formula is C13H23NOS. The van der Waals surface area contributed by atoms with Gasteiger partial charge in [-0.1, -0.05) is 6.92 Å². The number of aryl methyl sites for hydroxylation is 1. The lowest BCUT2D eigenvalue weighted by Crippen LogP contribution is -2.29. The van der Waals surface area contributed by atoms with Crippen LogP contribution in [0.5, 0.6) is 0 Å². The maximum Gasteiger partial charge on any atom is 0.0476 e. The van der Waals surface area contributed by atoms with E-state index in [9.17, 15) is 0 Å². The molecule has 0 aromatic carbocycles. The number of rotatable bonds is 7. The fourth-order valence-corrected chi connectivity index (χ4v) is 2.67. The van der Waals surface area contributed by atoms with Gasteiger partial charge >= 0.3 is 0 Å². The summed E-state index contributed by atoms with van der Waals surface area (Å²) in [5.41, 5.74) is 0. The first-order valence-electron chi connectivity index (χ1n) is 6.01. The number of hydrogen-bond donors (Lipinski definition) is 1. The molecule has 0 aliphatic rings. The van der Waals surface area contributed by atoms with Crippen molar-refractivity contribution >= 4 is 11.3 Å². The average molecular weight is 241 g/mol. The SMILES string of the molecule is CCc1ccc(C(C)NC(C)CCOC)s1. The number of ether oxygens (including phenoxy) is 1. The van der Waals surface area contributed by atoms with Crippen LogP contribution in [0.1, 0.15) is 43.0 Å². The summed E-state index contributed by atoms with van der Waals surface area (Å²) in [4.78, 5) is 2.90. The molecule has 2 atom stereocenters. The number of methoxy groups -OCH3 is 1. The van der Waals surface area contributed by atoms with E-state index in [4.69, 9.17) is 4.74 Å². The minimum atomic E-state index is 0.442. The van der Waals surface area contributed by atoms with Crippen LogP contribution in [0.2, 0.25) is 0 Å². The summed E-state index contributed by atoms with van der Waals surface area (Å²) in [5.74, 6) is 0. The third-order valence-corrected chi connectivity index (χ3v) is 4.16. The minimum Gasteiger partial charge on any atom is -0.385 e. The van der Waals surface area contributed by atoms with Crippen LogP contribution in [0.4, 0.5) is 0 Å². The number of thiophene rings is 1. The Bertz CT molecular complexity index is 298. The molecule has 1 aromatic heterocycles. The summed E-state index contributed by atoms with van der Waals surface area (Å²) in [6.07, 6.45) is 2.20. The van der Waals surface area contributed by atoms with E-state index in [0.717, 1.165) is 19.4 Å². The Balaban J connectivity index is 2.41. The quantitative estimate of drug-likeness (QED) is 0.790. The molecule has 0 fully saturated rings. The van der Waals surface area contributed by atoms with Crippen LogP contribution in [0.25, 0.3) is 0 Å². The van der Waals surface area contributed by atoms with Crippen molar-refractivity contribution in [2.45, 2.75) is 45.7 Å². The van der Waals surface area contributed by atoms with Crippen LogP contribution in [-0.2, 0) is 11.2 Å². The normalized spacial score (nSPS) is 15.0. The molecule has 0 amide bonds. The van der Waals surface area contributed by atoms with Crippen LogP contribution in [-0.4, -0.2) is 19.8 Å². The highest BCUT2D eigenvalue weighted by atomic mass is 32.1. The van der Waals surface area contributed by atoms with Crippen molar-refractivity contribution in [1.82, 2.24) is 5.32 Å². The van der Waals surface area contributed by atoms with E-state index in [1.54, 1.807) is 7.11 Å². The summed E-state index contributed by atoms with van der Waals surface area (Å²) in [7, 11) is 1.75. The molecule has 1 rings (SSSR count). The van der Waals surface area contributed by atoms with Gasteiger partial charge < -0.3 is 10.1 Å². The molecule has 1 N–H and O–H groups in total. The Kier molecular flexibility index (Phi) is 6.03. The molecule has 92 valence electrons. The van der Waals surface area contributed by atoms with Crippen molar-refractivity contribution in [3.05, 3.63) is 21.9 Å². The molecule has 0 saturated carbocycles. The lowest BCUT2D eigenvalue weighted by molar-refractivity contribution is 0.183. The number of hydrogen-bond acceptors (Lipinski definition) is 3. The lowest BCUT2D eigenvalue weighted by atomic mass is 10.2. The Labute approximate surface area is 103 Å². The van der Waals surface area contributed by atoms with Gasteiger partial charge in [-0.05, 0) is 38.8 Å². The van der Waals surface area contributed by atoms with Crippen LogP contribution < -0.4 is 5.32 Å². The zero-order chi connectivity index (χ0) is 12.0. The van der Waals surface area contributed by atoms with Gasteiger partial charge in [0.2, 0.25) is 0 Å². The summed E-state index contributed by atoms with van der Waals surface area (Å²) in [6.45, 7) is 7.47. The van der Waals surface area contributed by atoms with Gasteiger partial charge in [0.1, 0.15) is 0 Å². The van der Waals surface area contributed by atoms with Crippen molar-refractivity contribution in [1.29, 1.82) is 0 Å². The molecule has 2 nitrogen and oxygen atoms in total.